The second-order valence-electron chi connectivity index (χ2n) is 7.81. The molecule has 0 aliphatic carbocycles. The third-order valence-electron chi connectivity index (χ3n) is 5.54. The minimum atomic E-state index is -1.82. The molecule has 2 aliphatic rings. The van der Waals surface area contributed by atoms with Gasteiger partial charge in [0, 0.05) is 23.2 Å². The molecule has 174 valence electrons. The van der Waals surface area contributed by atoms with E-state index in [4.69, 9.17) is 40.9 Å². The quantitative estimate of drug-likeness (QED) is 0.402. The number of nitrogens with zero attached hydrogens (tertiary/aromatic N) is 1. The number of likely N-dealkylation sites (tertiary alicyclic amines) is 1. The van der Waals surface area contributed by atoms with Crippen molar-refractivity contribution < 1.29 is 29.3 Å². The lowest BCUT2D eigenvalue weighted by molar-refractivity contribution is -0.224. The van der Waals surface area contributed by atoms with Crippen LogP contribution in [0.15, 0.2) is 24.3 Å². The molecule has 1 aromatic rings. The van der Waals surface area contributed by atoms with Crippen molar-refractivity contribution in [1.82, 2.24) is 4.90 Å². The van der Waals surface area contributed by atoms with Crippen molar-refractivity contribution in [2.24, 2.45) is 5.92 Å². The number of anilines is 1. The summed E-state index contributed by atoms with van der Waals surface area (Å²) in [5.74, 6) is -3.59. The van der Waals surface area contributed by atoms with Crippen LogP contribution in [0.4, 0.5) is 5.69 Å². The molecule has 0 amide bonds. The number of carboxylic acid groups (broad SMARTS) is 2. The molecule has 0 aromatic heterocycles. The number of carbonyl (C=O) groups is 2. The van der Waals surface area contributed by atoms with Crippen LogP contribution >= 0.6 is 11.6 Å². The number of nitrogens with one attached hydrogen (secondary N) is 1. The normalized spacial score (nSPS) is 20.1. The molecule has 2 saturated heterocycles. The Kier molecular flexibility index (Phi) is 10.5. The van der Waals surface area contributed by atoms with Gasteiger partial charge in [-0.25, -0.2) is 9.59 Å². The predicted octanol–water partition coefficient (Wildman–Crippen LogP) is 3.55. The van der Waals surface area contributed by atoms with E-state index in [0.29, 0.717) is 5.92 Å². The monoisotopic (exact) mass is 456 g/mol. The Bertz CT molecular complexity index is 699. The summed E-state index contributed by atoms with van der Waals surface area (Å²) < 4.78 is 12.3. The van der Waals surface area contributed by atoms with Crippen LogP contribution in [0.5, 0.6) is 0 Å². The highest BCUT2D eigenvalue weighted by molar-refractivity contribution is 6.30. The molecule has 31 heavy (non-hydrogen) atoms. The lowest BCUT2D eigenvalue weighted by Gasteiger charge is -2.44. The van der Waals surface area contributed by atoms with Gasteiger partial charge in [0.05, 0.1) is 19.8 Å². The van der Waals surface area contributed by atoms with Crippen LogP contribution in [0.2, 0.25) is 5.02 Å². The summed E-state index contributed by atoms with van der Waals surface area (Å²) in [5, 5.41) is 19.0. The van der Waals surface area contributed by atoms with Crippen LogP contribution in [-0.2, 0) is 19.1 Å². The van der Waals surface area contributed by atoms with Gasteiger partial charge in [-0.3, -0.25) is 4.90 Å². The summed E-state index contributed by atoms with van der Waals surface area (Å²) in [4.78, 5) is 20.7. The molecule has 0 saturated carbocycles. The van der Waals surface area contributed by atoms with E-state index in [1.807, 2.05) is 18.2 Å². The van der Waals surface area contributed by atoms with Crippen LogP contribution in [0.3, 0.4) is 0 Å². The Balaban J connectivity index is 0.000000501. The van der Waals surface area contributed by atoms with E-state index < -0.39 is 11.9 Å². The van der Waals surface area contributed by atoms with E-state index >= 15 is 0 Å². The predicted molar refractivity (Wildman–Crippen MR) is 119 cm³/mol. The molecule has 1 unspecified atom stereocenters. The Morgan fingerprint density at radius 3 is 2.55 bits per heavy atom. The summed E-state index contributed by atoms with van der Waals surface area (Å²) in [5.41, 5.74) is 1.08. The summed E-state index contributed by atoms with van der Waals surface area (Å²) in [6, 6.07) is 7.90. The molecular weight excluding hydrogens is 424 g/mol. The highest BCUT2D eigenvalue weighted by Crippen LogP contribution is 2.37. The van der Waals surface area contributed by atoms with E-state index in [1.54, 1.807) is 0 Å². The maximum absolute atomic E-state index is 9.10. The fraction of sp³-hybridized carbons (Fsp3) is 0.636. The van der Waals surface area contributed by atoms with E-state index in [2.05, 4.69) is 23.2 Å². The van der Waals surface area contributed by atoms with E-state index in [0.717, 1.165) is 62.9 Å². The second-order valence-corrected chi connectivity index (χ2v) is 8.25. The number of piperidine rings is 1. The molecule has 1 atom stereocenters. The topological polar surface area (TPSA) is 108 Å². The van der Waals surface area contributed by atoms with Gasteiger partial charge in [0.25, 0.3) is 0 Å². The number of unbranched alkanes of at least 4 members (excludes halogenated alkanes) is 2. The van der Waals surface area contributed by atoms with Crippen molar-refractivity contribution >= 4 is 29.2 Å². The van der Waals surface area contributed by atoms with Crippen molar-refractivity contribution in [1.29, 1.82) is 0 Å². The van der Waals surface area contributed by atoms with Crippen molar-refractivity contribution in [2.75, 3.05) is 44.7 Å². The largest absolute Gasteiger partial charge is 0.473 e. The zero-order chi connectivity index (χ0) is 22.7. The molecule has 2 heterocycles. The van der Waals surface area contributed by atoms with Crippen LogP contribution < -0.4 is 5.32 Å². The van der Waals surface area contributed by atoms with Gasteiger partial charge in [-0.05, 0) is 50.6 Å². The number of benzene rings is 1. The lowest BCUT2D eigenvalue weighted by atomic mass is 9.87. The number of rotatable bonds is 8. The molecule has 9 heteroatoms. The standard InChI is InChI=1S/C20H31ClN2O2.C2H2O4/c1-2-3-4-11-23-12-9-17(20(16-23)24-13-14-25-20)8-10-22-19-7-5-6-18(21)15-19;3-1(4)2(5)6/h5-7,15,17,22H,2-4,8-14,16H2,1H3;(H,3,4)(H,5,6). The summed E-state index contributed by atoms with van der Waals surface area (Å²) in [6.07, 6.45) is 6.04. The van der Waals surface area contributed by atoms with E-state index in [-0.39, 0.29) is 5.79 Å². The zero-order valence-corrected chi connectivity index (χ0v) is 18.8. The first-order valence-electron chi connectivity index (χ1n) is 10.8. The number of hydrogen-bond acceptors (Lipinski definition) is 6. The summed E-state index contributed by atoms with van der Waals surface area (Å²) in [7, 11) is 0. The third kappa shape index (κ3) is 8.29. The minimum Gasteiger partial charge on any atom is -0.473 e. The molecule has 2 fully saturated rings. The maximum Gasteiger partial charge on any atom is 0.414 e. The first-order chi connectivity index (χ1) is 14.9. The Morgan fingerprint density at radius 1 is 1.23 bits per heavy atom. The fourth-order valence-corrected chi connectivity index (χ4v) is 4.20. The highest BCUT2D eigenvalue weighted by atomic mass is 35.5. The summed E-state index contributed by atoms with van der Waals surface area (Å²) >= 11 is 6.05. The minimum absolute atomic E-state index is 0.388. The number of ether oxygens (including phenoxy) is 2. The second kappa shape index (κ2) is 12.9. The molecule has 8 nitrogen and oxygen atoms in total. The smallest absolute Gasteiger partial charge is 0.414 e. The molecule has 3 rings (SSSR count). The lowest BCUT2D eigenvalue weighted by Crippen LogP contribution is -2.55. The van der Waals surface area contributed by atoms with E-state index in [1.165, 1.54) is 19.3 Å². The zero-order valence-electron chi connectivity index (χ0n) is 18.0. The van der Waals surface area contributed by atoms with Crippen LogP contribution in [0, 0.1) is 5.92 Å². The maximum atomic E-state index is 9.10. The highest BCUT2D eigenvalue weighted by Gasteiger charge is 2.47. The van der Waals surface area contributed by atoms with Crippen molar-refractivity contribution in [2.45, 2.75) is 44.8 Å². The molecule has 3 N–H and O–H groups in total. The van der Waals surface area contributed by atoms with Crippen molar-refractivity contribution in [3.8, 4) is 0 Å². The number of hydrogen-bond donors (Lipinski definition) is 3. The van der Waals surface area contributed by atoms with Crippen molar-refractivity contribution in [3.05, 3.63) is 29.3 Å². The Hall–Kier alpha value is -1.87. The average Bonchev–Trinajstić information content (AvgIpc) is 3.19. The van der Waals surface area contributed by atoms with Crippen LogP contribution in [0.25, 0.3) is 0 Å². The number of aliphatic carboxylic acids is 2. The van der Waals surface area contributed by atoms with Crippen molar-refractivity contribution in [3.63, 3.8) is 0 Å². The first kappa shape index (κ1) is 25.4. The average molecular weight is 457 g/mol. The van der Waals surface area contributed by atoms with Gasteiger partial charge in [0.15, 0.2) is 5.79 Å². The van der Waals surface area contributed by atoms with Gasteiger partial charge in [0.1, 0.15) is 0 Å². The van der Waals surface area contributed by atoms with Gasteiger partial charge >= 0.3 is 11.9 Å². The summed E-state index contributed by atoms with van der Waals surface area (Å²) in [6.45, 7) is 7.84. The SMILES string of the molecule is CCCCCN1CCC(CCNc2cccc(Cl)c2)C2(C1)OCCO2.O=C(O)C(=O)O. The number of halogens is 1. The van der Waals surface area contributed by atoms with E-state index in [9.17, 15) is 0 Å². The van der Waals surface area contributed by atoms with Gasteiger partial charge < -0.3 is 25.0 Å². The Labute approximate surface area is 188 Å². The van der Waals surface area contributed by atoms with Gasteiger partial charge in [0.2, 0.25) is 0 Å². The third-order valence-corrected chi connectivity index (χ3v) is 5.78. The Morgan fingerprint density at radius 2 is 1.94 bits per heavy atom. The van der Waals surface area contributed by atoms with Crippen LogP contribution in [0.1, 0.15) is 39.0 Å². The van der Waals surface area contributed by atoms with Crippen LogP contribution in [-0.4, -0.2) is 72.2 Å². The van der Waals surface area contributed by atoms with Gasteiger partial charge in [-0.2, -0.15) is 0 Å². The fourth-order valence-electron chi connectivity index (χ4n) is 4.01. The van der Waals surface area contributed by atoms with Gasteiger partial charge in [-0.1, -0.05) is 37.4 Å². The molecule has 1 aromatic carbocycles. The molecule has 2 aliphatic heterocycles. The molecule has 0 bridgehead atoms. The molecule has 0 radical (unpaired) electrons. The molecule has 1 spiro atoms. The molecular formula is C22H33ClN2O6. The number of carboxylic acids is 2. The first-order valence-corrected chi connectivity index (χ1v) is 11.2. The van der Waals surface area contributed by atoms with Gasteiger partial charge in [-0.15, -0.1) is 0 Å².